The Kier molecular flexibility index (Phi) is 7.76. The summed E-state index contributed by atoms with van der Waals surface area (Å²) in [6.07, 6.45) is 4.31. The van der Waals surface area contributed by atoms with Gasteiger partial charge in [-0.1, -0.05) is 17.7 Å². The monoisotopic (exact) mass is 475 g/mol. The van der Waals surface area contributed by atoms with E-state index in [1.807, 2.05) is 18.2 Å². The summed E-state index contributed by atoms with van der Waals surface area (Å²) >= 11 is 6.08. The van der Waals surface area contributed by atoms with Crippen molar-refractivity contribution < 1.29 is 0 Å². The van der Waals surface area contributed by atoms with Crippen LogP contribution < -0.4 is 15.5 Å². The molecular formula is C16H23ClIN7. The summed E-state index contributed by atoms with van der Waals surface area (Å²) in [6, 6.07) is 8.36. The van der Waals surface area contributed by atoms with Gasteiger partial charge in [-0.05, 0) is 24.6 Å². The zero-order valence-electron chi connectivity index (χ0n) is 14.1. The van der Waals surface area contributed by atoms with Gasteiger partial charge in [-0.25, -0.2) is 4.98 Å². The Morgan fingerprint density at radius 3 is 3.04 bits per heavy atom. The molecule has 0 aliphatic carbocycles. The molecule has 2 heterocycles. The van der Waals surface area contributed by atoms with Crippen LogP contribution >= 0.6 is 35.6 Å². The molecule has 1 unspecified atom stereocenters. The number of aliphatic imine (C=N–C) groups is 1. The lowest BCUT2D eigenvalue weighted by molar-refractivity contribution is 0.586. The summed E-state index contributed by atoms with van der Waals surface area (Å²) in [4.78, 5) is 10.6. The molecule has 0 bridgehead atoms. The molecule has 1 aromatic heterocycles. The molecule has 3 rings (SSSR count). The topological polar surface area (TPSA) is 70.4 Å². The van der Waals surface area contributed by atoms with Gasteiger partial charge in [-0.3, -0.25) is 9.67 Å². The SMILES string of the molecule is CN=C(NCCn1cncn1)NC1CCN(c2cccc(Cl)c2)C1.I. The highest BCUT2D eigenvalue weighted by atomic mass is 127. The third kappa shape index (κ3) is 5.74. The fourth-order valence-corrected chi connectivity index (χ4v) is 2.99. The van der Waals surface area contributed by atoms with Crippen molar-refractivity contribution in [2.75, 3.05) is 31.6 Å². The van der Waals surface area contributed by atoms with Crippen LogP contribution in [0.2, 0.25) is 5.02 Å². The fraction of sp³-hybridized carbons (Fsp3) is 0.438. The quantitative estimate of drug-likeness (QED) is 0.393. The Hall–Kier alpha value is -1.55. The van der Waals surface area contributed by atoms with E-state index in [9.17, 15) is 0 Å². The highest BCUT2D eigenvalue weighted by Crippen LogP contribution is 2.23. The molecule has 1 fully saturated rings. The molecule has 0 spiro atoms. The number of guanidine groups is 1. The molecule has 7 nitrogen and oxygen atoms in total. The first-order chi connectivity index (χ1) is 11.7. The largest absolute Gasteiger partial charge is 0.369 e. The molecule has 25 heavy (non-hydrogen) atoms. The van der Waals surface area contributed by atoms with Gasteiger partial charge < -0.3 is 15.5 Å². The fourth-order valence-electron chi connectivity index (χ4n) is 2.81. The van der Waals surface area contributed by atoms with E-state index in [0.29, 0.717) is 6.04 Å². The van der Waals surface area contributed by atoms with Crippen molar-refractivity contribution in [3.05, 3.63) is 41.9 Å². The van der Waals surface area contributed by atoms with Crippen molar-refractivity contribution in [3.63, 3.8) is 0 Å². The number of benzene rings is 1. The molecule has 1 aliphatic rings. The van der Waals surface area contributed by atoms with Crippen molar-refractivity contribution in [3.8, 4) is 0 Å². The average Bonchev–Trinajstić information content (AvgIpc) is 3.25. The summed E-state index contributed by atoms with van der Waals surface area (Å²) in [5, 5.41) is 11.6. The number of anilines is 1. The summed E-state index contributed by atoms with van der Waals surface area (Å²) in [6.45, 7) is 3.44. The number of nitrogens with zero attached hydrogens (tertiary/aromatic N) is 5. The molecular weight excluding hydrogens is 453 g/mol. The van der Waals surface area contributed by atoms with Crippen LogP contribution in [0.1, 0.15) is 6.42 Å². The molecule has 0 amide bonds. The molecule has 136 valence electrons. The van der Waals surface area contributed by atoms with Crippen LogP contribution in [0.15, 0.2) is 41.9 Å². The molecule has 0 radical (unpaired) electrons. The molecule has 2 aromatic rings. The Labute approximate surface area is 169 Å². The highest BCUT2D eigenvalue weighted by molar-refractivity contribution is 14.0. The standard InChI is InChI=1S/C16H22ClN7.HI/c1-18-16(20-6-8-24-12-19-11-21-24)22-14-5-7-23(10-14)15-4-2-3-13(17)9-15;/h2-4,9,11-12,14H,5-8,10H2,1H3,(H2,18,20,22);1H. The third-order valence-corrected chi connectivity index (χ3v) is 4.26. The zero-order valence-corrected chi connectivity index (χ0v) is 17.2. The number of rotatable bonds is 5. The van der Waals surface area contributed by atoms with Crippen molar-refractivity contribution in [1.82, 2.24) is 25.4 Å². The second kappa shape index (κ2) is 9.81. The molecule has 0 saturated carbocycles. The van der Waals surface area contributed by atoms with Crippen LogP contribution in [-0.2, 0) is 6.54 Å². The maximum Gasteiger partial charge on any atom is 0.191 e. The molecule has 9 heteroatoms. The zero-order chi connectivity index (χ0) is 16.8. The molecule has 1 aromatic carbocycles. The minimum atomic E-state index is 0. The number of nitrogens with one attached hydrogen (secondary N) is 2. The number of halogens is 2. The van der Waals surface area contributed by atoms with E-state index in [1.165, 1.54) is 12.0 Å². The number of hydrogen-bond acceptors (Lipinski definition) is 4. The van der Waals surface area contributed by atoms with Crippen molar-refractivity contribution in [2.45, 2.75) is 19.0 Å². The van der Waals surface area contributed by atoms with E-state index in [4.69, 9.17) is 11.6 Å². The van der Waals surface area contributed by atoms with Gasteiger partial charge in [-0.15, -0.1) is 24.0 Å². The first-order valence-electron chi connectivity index (χ1n) is 8.04. The van der Waals surface area contributed by atoms with E-state index >= 15 is 0 Å². The highest BCUT2D eigenvalue weighted by Gasteiger charge is 2.23. The van der Waals surface area contributed by atoms with Gasteiger partial charge in [0.15, 0.2) is 5.96 Å². The van der Waals surface area contributed by atoms with Gasteiger partial charge in [0.2, 0.25) is 0 Å². The second-order valence-electron chi connectivity index (χ2n) is 5.71. The predicted octanol–water partition coefficient (Wildman–Crippen LogP) is 1.99. The number of aromatic nitrogens is 3. The molecule has 1 saturated heterocycles. The van der Waals surface area contributed by atoms with Gasteiger partial charge in [0.05, 0.1) is 6.54 Å². The summed E-state index contributed by atoms with van der Waals surface area (Å²) in [5.41, 5.74) is 1.17. The first kappa shape index (κ1) is 19.8. The van der Waals surface area contributed by atoms with Gasteiger partial charge in [0.1, 0.15) is 12.7 Å². The van der Waals surface area contributed by atoms with Crippen molar-refractivity contribution in [2.24, 2.45) is 4.99 Å². The van der Waals surface area contributed by atoms with Crippen LogP contribution in [0.25, 0.3) is 0 Å². The van der Waals surface area contributed by atoms with Crippen LogP contribution in [0.5, 0.6) is 0 Å². The second-order valence-corrected chi connectivity index (χ2v) is 6.15. The van der Waals surface area contributed by atoms with Gasteiger partial charge in [0, 0.05) is 43.4 Å². The van der Waals surface area contributed by atoms with Crippen LogP contribution in [0.4, 0.5) is 5.69 Å². The third-order valence-electron chi connectivity index (χ3n) is 4.03. The Balaban J connectivity index is 0.00000225. The van der Waals surface area contributed by atoms with Gasteiger partial charge >= 0.3 is 0 Å². The number of hydrogen-bond donors (Lipinski definition) is 2. The van der Waals surface area contributed by atoms with Crippen LogP contribution in [-0.4, -0.2) is 53.4 Å². The molecule has 2 N–H and O–H groups in total. The Morgan fingerprint density at radius 1 is 1.44 bits per heavy atom. The summed E-state index contributed by atoms with van der Waals surface area (Å²) < 4.78 is 1.79. The lowest BCUT2D eigenvalue weighted by Crippen LogP contribution is -2.45. The van der Waals surface area contributed by atoms with Gasteiger partial charge in [0.25, 0.3) is 0 Å². The van der Waals surface area contributed by atoms with Crippen molar-refractivity contribution >= 4 is 47.2 Å². The maximum atomic E-state index is 6.08. The van der Waals surface area contributed by atoms with E-state index in [2.05, 4.69) is 36.7 Å². The molecule has 1 aliphatic heterocycles. The van der Waals surface area contributed by atoms with Crippen molar-refractivity contribution in [1.29, 1.82) is 0 Å². The summed E-state index contributed by atoms with van der Waals surface area (Å²) in [5.74, 6) is 0.813. The Bertz CT molecular complexity index is 677. The summed E-state index contributed by atoms with van der Waals surface area (Å²) in [7, 11) is 1.79. The van der Waals surface area contributed by atoms with Gasteiger partial charge in [-0.2, -0.15) is 5.10 Å². The average molecular weight is 476 g/mol. The smallest absolute Gasteiger partial charge is 0.191 e. The minimum Gasteiger partial charge on any atom is -0.369 e. The van der Waals surface area contributed by atoms with Crippen LogP contribution in [0.3, 0.4) is 0 Å². The first-order valence-corrected chi connectivity index (χ1v) is 8.42. The Morgan fingerprint density at radius 2 is 2.32 bits per heavy atom. The normalized spacial score (nSPS) is 17.3. The maximum absolute atomic E-state index is 6.08. The lowest BCUT2D eigenvalue weighted by Gasteiger charge is -2.20. The lowest BCUT2D eigenvalue weighted by atomic mass is 10.3. The van der Waals surface area contributed by atoms with E-state index in [-0.39, 0.29) is 24.0 Å². The molecule has 1 atom stereocenters. The minimum absolute atomic E-state index is 0. The van der Waals surface area contributed by atoms with E-state index < -0.39 is 0 Å². The predicted molar refractivity (Wildman–Crippen MR) is 112 cm³/mol. The van der Waals surface area contributed by atoms with E-state index in [1.54, 1.807) is 18.1 Å². The van der Waals surface area contributed by atoms with E-state index in [0.717, 1.165) is 43.6 Å². The van der Waals surface area contributed by atoms with Crippen LogP contribution in [0, 0.1) is 0 Å².